The summed E-state index contributed by atoms with van der Waals surface area (Å²) in [5, 5.41) is 0. The Bertz CT molecular complexity index is 311. The van der Waals surface area contributed by atoms with Crippen LogP contribution in [0.3, 0.4) is 0 Å². The van der Waals surface area contributed by atoms with Crippen LogP contribution >= 0.6 is 0 Å². The maximum atomic E-state index is 5.60. The van der Waals surface area contributed by atoms with Gasteiger partial charge in [0.25, 0.3) is 0 Å². The van der Waals surface area contributed by atoms with Crippen LogP contribution in [0.4, 0.5) is 0 Å². The van der Waals surface area contributed by atoms with Gasteiger partial charge in [0.2, 0.25) is 0 Å². The van der Waals surface area contributed by atoms with Gasteiger partial charge in [-0.15, -0.1) is 0 Å². The summed E-state index contributed by atoms with van der Waals surface area (Å²) in [7, 11) is 3.80. The second-order valence-corrected chi connectivity index (χ2v) is 4.22. The van der Waals surface area contributed by atoms with Crippen LogP contribution in [-0.4, -0.2) is 38.3 Å². The van der Waals surface area contributed by atoms with Gasteiger partial charge < -0.3 is 10.5 Å². The van der Waals surface area contributed by atoms with Crippen LogP contribution in [0, 0.1) is 6.92 Å². The van der Waals surface area contributed by atoms with E-state index < -0.39 is 0 Å². The van der Waals surface area contributed by atoms with E-state index in [2.05, 4.69) is 43.1 Å². The Kier molecular flexibility index (Phi) is 5.46. The first-order valence-electron chi connectivity index (χ1n) is 5.63. The van der Waals surface area contributed by atoms with Crippen LogP contribution in [0.1, 0.15) is 11.1 Å². The van der Waals surface area contributed by atoms with Crippen molar-refractivity contribution < 1.29 is 4.74 Å². The predicted molar refractivity (Wildman–Crippen MR) is 67.4 cm³/mol. The molecule has 0 bridgehead atoms. The van der Waals surface area contributed by atoms with Gasteiger partial charge in [0.05, 0.1) is 6.10 Å². The second kappa shape index (κ2) is 6.63. The highest BCUT2D eigenvalue weighted by atomic mass is 16.5. The van der Waals surface area contributed by atoms with Crippen LogP contribution in [0.5, 0.6) is 0 Å². The molecule has 1 atom stereocenters. The zero-order valence-electron chi connectivity index (χ0n) is 10.4. The Hall–Kier alpha value is -0.900. The SMILES string of the molecule is COC(CN)CN(C)Cc1ccccc1C. The molecular formula is C13H22N2O. The fourth-order valence-electron chi connectivity index (χ4n) is 1.74. The molecule has 3 heteroatoms. The molecule has 1 aromatic rings. The van der Waals surface area contributed by atoms with Gasteiger partial charge >= 0.3 is 0 Å². The topological polar surface area (TPSA) is 38.5 Å². The summed E-state index contributed by atoms with van der Waals surface area (Å²) in [6, 6.07) is 8.44. The molecule has 0 aliphatic heterocycles. The Balaban J connectivity index is 2.51. The van der Waals surface area contributed by atoms with Gasteiger partial charge in [-0.05, 0) is 25.1 Å². The van der Waals surface area contributed by atoms with Gasteiger partial charge in [-0.25, -0.2) is 0 Å². The lowest BCUT2D eigenvalue weighted by Crippen LogP contribution is -2.35. The van der Waals surface area contributed by atoms with E-state index in [0.717, 1.165) is 13.1 Å². The first-order valence-corrected chi connectivity index (χ1v) is 5.63. The van der Waals surface area contributed by atoms with E-state index in [1.54, 1.807) is 7.11 Å². The van der Waals surface area contributed by atoms with Gasteiger partial charge in [-0.2, -0.15) is 0 Å². The standard InChI is InChI=1S/C13H22N2O/c1-11-6-4-5-7-12(11)9-15(2)10-13(8-14)16-3/h4-7,13H,8-10,14H2,1-3H3. The van der Waals surface area contributed by atoms with Crippen molar-refractivity contribution in [3.05, 3.63) is 35.4 Å². The molecule has 0 saturated heterocycles. The number of hydrogen-bond acceptors (Lipinski definition) is 3. The van der Waals surface area contributed by atoms with E-state index in [1.807, 2.05) is 0 Å². The minimum atomic E-state index is 0.119. The lowest BCUT2D eigenvalue weighted by molar-refractivity contribution is 0.0761. The molecule has 1 aromatic carbocycles. The lowest BCUT2D eigenvalue weighted by Gasteiger charge is -2.22. The number of methoxy groups -OCH3 is 1. The maximum Gasteiger partial charge on any atom is 0.0820 e. The molecule has 0 fully saturated rings. The van der Waals surface area contributed by atoms with Crippen molar-refractivity contribution in [1.82, 2.24) is 4.90 Å². The van der Waals surface area contributed by atoms with Gasteiger partial charge in [-0.1, -0.05) is 24.3 Å². The molecule has 3 nitrogen and oxygen atoms in total. The molecule has 0 aliphatic rings. The molecule has 16 heavy (non-hydrogen) atoms. The number of likely N-dealkylation sites (N-methyl/N-ethyl adjacent to an activating group) is 1. The molecule has 0 saturated carbocycles. The third-order valence-corrected chi connectivity index (χ3v) is 2.81. The summed E-state index contributed by atoms with van der Waals surface area (Å²) in [6.07, 6.45) is 0.119. The van der Waals surface area contributed by atoms with E-state index in [-0.39, 0.29) is 6.10 Å². The van der Waals surface area contributed by atoms with Gasteiger partial charge in [0.1, 0.15) is 0 Å². The fraction of sp³-hybridized carbons (Fsp3) is 0.538. The van der Waals surface area contributed by atoms with Crippen LogP contribution in [-0.2, 0) is 11.3 Å². The molecular weight excluding hydrogens is 200 g/mol. The number of rotatable bonds is 6. The molecule has 0 heterocycles. The molecule has 0 radical (unpaired) electrons. The van der Waals surface area contributed by atoms with Gasteiger partial charge in [0, 0.05) is 26.7 Å². The zero-order chi connectivity index (χ0) is 12.0. The summed E-state index contributed by atoms with van der Waals surface area (Å²) in [5.41, 5.74) is 8.29. The number of nitrogens with zero attached hydrogens (tertiary/aromatic N) is 1. The average Bonchev–Trinajstić information content (AvgIpc) is 2.29. The molecule has 0 amide bonds. The molecule has 0 aliphatic carbocycles. The van der Waals surface area contributed by atoms with Crippen molar-refractivity contribution in [3.63, 3.8) is 0 Å². The third kappa shape index (κ3) is 3.93. The molecule has 1 rings (SSSR count). The van der Waals surface area contributed by atoms with E-state index in [4.69, 9.17) is 10.5 Å². The lowest BCUT2D eigenvalue weighted by atomic mass is 10.1. The van der Waals surface area contributed by atoms with Crippen LogP contribution in [0.25, 0.3) is 0 Å². The van der Waals surface area contributed by atoms with E-state index in [0.29, 0.717) is 6.54 Å². The summed E-state index contributed by atoms with van der Waals surface area (Å²) in [4.78, 5) is 2.24. The smallest absolute Gasteiger partial charge is 0.0820 e. The normalized spacial score (nSPS) is 13.1. The Morgan fingerprint density at radius 2 is 2.06 bits per heavy atom. The Labute approximate surface area is 98.2 Å². The van der Waals surface area contributed by atoms with Crippen molar-refractivity contribution in [2.24, 2.45) is 5.73 Å². The number of aryl methyl sites for hydroxylation is 1. The van der Waals surface area contributed by atoms with E-state index in [1.165, 1.54) is 11.1 Å². The van der Waals surface area contributed by atoms with Crippen molar-refractivity contribution in [1.29, 1.82) is 0 Å². The van der Waals surface area contributed by atoms with E-state index in [9.17, 15) is 0 Å². The van der Waals surface area contributed by atoms with Crippen molar-refractivity contribution in [2.45, 2.75) is 19.6 Å². The summed E-state index contributed by atoms with van der Waals surface area (Å²) >= 11 is 0. The van der Waals surface area contributed by atoms with Gasteiger partial charge in [0.15, 0.2) is 0 Å². The highest BCUT2D eigenvalue weighted by Gasteiger charge is 2.09. The quantitative estimate of drug-likeness (QED) is 0.790. The van der Waals surface area contributed by atoms with Crippen molar-refractivity contribution in [2.75, 3.05) is 27.2 Å². The number of nitrogens with two attached hydrogens (primary N) is 1. The first kappa shape index (κ1) is 13.2. The summed E-state index contributed by atoms with van der Waals surface area (Å²) in [6.45, 7) is 4.50. The van der Waals surface area contributed by atoms with Crippen molar-refractivity contribution >= 4 is 0 Å². The number of hydrogen-bond donors (Lipinski definition) is 1. The first-order chi connectivity index (χ1) is 7.67. The predicted octanol–water partition coefficient (Wildman–Crippen LogP) is 1.40. The molecule has 0 spiro atoms. The van der Waals surface area contributed by atoms with Crippen LogP contribution in [0.15, 0.2) is 24.3 Å². The van der Waals surface area contributed by atoms with Crippen LogP contribution < -0.4 is 5.73 Å². The Morgan fingerprint density at radius 3 is 2.62 bits per heavy atom. The molecule has 0 aromatic heterocycles. The minimum absolute atomic E-state index is 0.119. The van der Waals surface area contributed by atoms with E-state index >= 15 is 0 Å². The average molecular weight is 222 g/mol. The summed E-state index contributed by atoms with van der Waals surface area (Å²) in [5.74, 6) is 0. The third-order valence-electron chi connectivity index (χ3n) is 2.81. The number of benzene rings is 1. The Morgan fingerprint density at radius 1 is 1.38 bits per heavy atom. The van der Waals surface area contributed by atoms with Gasteiger partial charge in [-0.3, -0.25) is 4.90 Å². The fourth-order valence-corrected chi connectivity index (χ4v) is 1.74. The van der Waals surface area contributed by atoms with Crippen LogP contribution in [0.2, 0.25) is 0 Å². The largest absolute Gasteiger partial charge is 0.379 e. The maximum absolute atomic E-state index is 5.60. The molecule has 2 N–H and O–H groups in total. The van der Waals surface area contributed by atoms with Crippen molar-refractivity contribution in [3.8, 4) is 0 Å². The summed E-state index contributed by atoms with van der Waals surface area (Å²) < 4.78 is 5.27. The highest BCUT2D eigenvalue weighted by Crippen LogP contribution is 2.09. The minimum Gasteiger partial charge on any atom is -0.379 e. The molecule has 1 unspecified atom stereocenters. The highest BCUT2D eigenvalue weighted by molar-refractivity contribution is 5.25. The molecule has 90 valence electrons. The zero-order valence-corrected chi connectivity index (χ0v) is 10.4. The number of ether oxygens (including phenoxy) is 1. The second-order valence-electron chi connectivity index (χ2n) is 4.22. The monoisotopic (exact) mass is 222 g/mol.